The fourth-order valence-electron chi connectivity index (χ4n) is 3.87. The van der Waals surface area contributed by atoms with Gasteiger partial charge in [0.05, 0.1) is 7.11 Å². The smallest absolute Gasteiger partial charge is 0.320 e. The Bertz CT molecular complexity index is 959. The van der Waals surface area contributed by atoms with Crippen LogP contribution in [0, 0.1) is 5.92 Å². The van der Waals surface area contributed by atoms with Crippen molar-refractivity contribution in [3.05, 3.63) is 78.4 Å². The largest absolute Gasteiger partial charge is 0.497 e. The highest BCUT2D eigenvalue weighted by Gasteiger charge is 2.38. The Labute approximate surface area is 216 Å². The molecule has 0 N–H and O–H groups in total. The zero-order valence-corrected chi connectivity index (χ0v) is 22.7. The number of nitrogens with zero attached hydrogens (tertiary/aromatic N) is 1. The summed E-state index contributed by atoms with van der Waals surface area (Å²) in [4.78, 5) is 28.8. The Morgan fingerprint density at radius 2 is 1.42 bits per heavy atom. The summed E-state index contributed by atoms with van der Waals surface area (Å²) in [5, 5.41) is 0. The molecule has 0 fully saturated rings. The van der Waals surface area contributed by atoms with Crippen molar-refractivity contribution in [2.75, 3.05) is 13.7 Å². The summed E-state index contributed by atoms with van der Waals surface area (Å²) < 4.78 is 16.7. The third kappa shape index (κ3) is 9.50. The van der Waals surface area contributed by atoms with Crippen LogP contribution in [0.25, 0.3) is 0 Å². The van der Waals surface area contributed by atoms with Crippen molar-refractivity contribution in [3.8, 4) is 5.75 Å². The van der Waals surface area contributed by atoms with Crippen LogP contribution in [0.4, 0.5) is 0 Å². The zero-order valence-electron chi connectivity index (χ0n) is 22.7. The third-order valence-corrected chi connectivity index (χ3v) is 5.38. The first-order valence-corrected chi connectivity index (χ1v) is 12.3. The van der Waals surface area contributed by atoms with Crippen molar-refractivity contribution < 1.29 is 23.8 Å². The second-order valence-electron chi connectivity index (χ2n) is 10.8. The lowest BCUT2D eigenvalue weighted by Crippen LogP contribution is -2.40. The van der Waals surface area contributed by atoms with Crippen LogP contribution in [0.3, 0.4) is 0 Å². The number of hydrogen-bond donors (Lipinski definition) is 0. The number of ether oxygens (including phenoxy) is 3. The van der Waals surface area contributed by atoms with E-state index >= 15 is 0 Å². The quantitative estimate of drug-likeness (QED) is 0.213. The van der Waals surface area contributed by atoms with E-state index in [-0.39, 0.29) is 12.5 Å². The summed E-state index contributed by atoms with van der Waals surface area (Å²) in [7, 11) is 1.62. The summed E-state index contributed by atoms with van der Waals surface area (Å²) in [6.45, 7) is 15.8. The molecule has 0 saturated carbocycles. The van der Waals surface area contributed by atoms with Crippen LogP contribution in [0.15, 0.2) is 67.3 Å². The van der Waals surface area contributed by atoms with Crippen molar-refractivity contribution in [2.24, 2.45) is 5.92 Å². The molecule has 0 radical (unpaired) electrons. The van der Waals surface area contributed by atoms with Crippen molar-refractivity contribution >= 4 is 11.9 Å². The lowest BCUT2D eigenvalue weighted by atomic mass is 9.92. The lowest BCUT2D eigenvalue weighted by Gasteiger charge is -2.34. The van der Waals surface area contributed by atoms with Gasteiger partial charge in [-0.3, -0.25) is 14.5 Å². The number of methoxy groups -OCH3 is 1. The molecule has 0 bridgehead atoms. The topological polar surface area (TPSA) is 65.1 Å². The number of carbonyl (C=O) groups excluding carboxylic acids is 2. The Kier molecular flexibility index (Phi) is 10.3. The van der Waals surface area contributed by atoms with Gasteiger partial charge in [0.15, 0.2) is 5.92 Å². The summed E-state index contributed by atoms with van der Waals surface area (Å²) >= 11 is 0. The molecule has 0 unspecified atom stereocenters. The first kappa shape index (κ1) is 29.1. The first-order valence-electron chi connectivity index (χ1n) is 12.3. The van der Waals surface area contributed by atoms with Crippen LogP contribution in [0.2, 0.25) is 0 Å². The summed E-state index contributed by atoms with van der Waals surface area (Å²) in [6.07, 6.45) is 2.02. The Morgan fingerprint density at radius 3 is 1.86 bits per heavy atom. The molecule has 2 rings (SSSR count). The van der Waals surface area contributed by atoms with E-state index in [1.807, 2.05) is 48.5 Å². The Hall–Kier alpha value is -3.12. The fraction of sp³-hybridized carbons (Fsp3) is 0.467. The maximum atomic E-state index is 13.3. The predicted molar refractivity (Wildman–Crippen MR) is 143 cm³/mol. The van der Waals surface area contributed by atoms with Crippen LogP contribution < -0.4 is 4.74 Å². The number of esters is 2. The van der Waals surface area contributed by atoms with Gasteiger partial charge in [-0.25, -0.2) is 0 Å². The van der Waals surface area contributed by atoms with Crippen LogP contribution in [0.5, 0.6) is 5.75 Å². The van der Waals surface area contributed by atoms with Gasteiger partial charge in [-0.1, -0.05) is 48.5 Å². The molecule has 0 spiro atoms. The van der Waals surface area contributed by atoms with E-state index in [0.29, 0.717) is 13.1 Å². The van der Waals surface area contributed by atoms with Gasteiger partial charge in [0.25, 0.3) is 0 Å². The highest BCUT2D eigenvalue weighted by molar-refractivity contribution is 5.95. The minimum Gasteiger partial charge on any atom is -0.497 e. The molecular formula is C30H41NO5. The van der Waals surface area contributed by atoms with E-state index < -0.39 is 29.1 Å². The minimum atomic E-state index is -1.10. The van der Waals surface area contributed by atoms with Crippen molar-refractivity contribution in [2.45, 2.75) is 71.8 Å². The zero-order chi connectivity index (χ0) is 26.9. The number of hydrogen-bond acceptors (Lipinski definition) is 6. The number of rotatable bonds is 11. The molecule has 196 valence electrons. The number of benzene rings is 2. The number of carbonyl (C=O) groups is 2. The van der Waals surface area contributed by atoms with Crippen molar-refractivity contribution in [3.63, 3.8) is 0 Å². The monoisotopic (exact) mass is 495 g/mol. The minimum absolute atomic E-state index is 0.191. The van der Waals surface area contributed by atoms with Gasteiger partial charge >= 0.3 is 11.9 Å². The SMILES string of the molecule is C=CCN(Cc1ccccc1)[C@H](CC(C(=O)OC(C)(C)C)C(=O)OC(C)(C)C)c1ccc(OC)cc1. The molecular weight excluding hydrogens is 454 g/mol. The van der Waals surface area contributed by atoms with Gasteiger partial charge in [-0.15, -0.1) is 6.58 Å². The molecule has 2 aromatic carbocycles. The van der Waals surface area contributed by atoms with Gasteiger partial charge in [-0.05, 0) is 71.2 Å². The van der Waals surface area contributed by atoms with Gasteiger partial charge in [-0.2, -0.15) is 0 Å². The Morgan fingerprint density at radius 1 is 0.889 bits per heavy atom. The molecule has 0 amide bonds. The van der Waals surface area contributed by atoms with Crippen LogP contribution in [-0.4, -0.2) is 41.7 Å². The molecule has 2 aromatic rings. The van der Waals surface area contributed by atoms with E-state index in [4.69, 9.17) is 14.2 Å². The molecule has 1 atom stereocenters. The molecule has 0 aromatic heterocycles. The summed E-state index contributed by atoms with van der Waals surface area (Å²) in [5.41, 5.74) is 0.588. The molecule has 0 aliphatic rings. The summed E-state index contributed by atoms with van der Waals surface area (Å²) in [5.74, 6) is -1.55. The average molecular weight is 496 g/mol. The highest BCUT2D eigenvalue weighted by Crippen LogP contribution is 2.33. The highest BCUT2D eigenvalue weighted by atomic mass is 16.6. The van der Waals surface area contributed by atoms with Gasteiger partial charge < -0.3 is 14.2 Å². The van der Waals surface area contributed by atoms with Gasteiger partial charge in [0.1, 0.15) is 17.0 Å². The van der Waals surface area contributed by atoms with Crippen molar-refractivity contribution in [1.82, 2.24) is 4.90 Å². The Balaban J connectivity index is 2.52. The van der Waals surface area contributed by atoms with E-state index in [2.05, 4.69) is 23.6 Å². The van der Waals surface area contributed by atoms with E-state index in [0.717, 1.165) is 16.9 Å². The third-order valence-electron chi connectivity index (χ3n) is 5.38. The first-order chi connectivity index (χ1) is 16.8. The molecule has 0 aliphatic carbocycles. The van der Waals surface area contributed by atoms with Gasteiger partial charge in [0.2, 0.25) is 0 Å². The van der Waals surface area contributed by atoms with Crippen LogP contribution in [0.1, 0.15) is 65.1 Å². The lowest BCUT2D eigenvalue weighted by molar-refractivity contribution is -0.175. The standard InChI is InChI=1S/C30H41NO5/c1-9-19-31(21-22-13-11-10-12-14-22)26(23-15-17-24(34-8)18-16-23)20-25(27(32)35-29(2,3)4)28(33)36-30(5,6)7/h9-18,25-26H,1,19-21H2,2-8H3/t26-/m1/s1. The molecule has 0 saturated heterocycles. The molecule has 36 heavy (non-hydrogen) atoms. The molecule has 0 aliphatic heterocycles. The molecule has 6 nitrogen and oxygen atoms in total. The summed E-state index contributed by atoms with van der Waals surface area (Å²) in [6, 6.07) is 17.5. The van der Waals surface area contributed by atoms with E-state index in [1.54, 1.807) is 48.7 Å². The van der Waals surface area contributed by atoms with E-state index in [9.17, 15) is 9.59 Å². The normalized spacial score (nSPS) is 12.8. The maximum Gasteiger partial charge on any atom is 0.320 e. The van der Waals surface area contributed by atoms with Crippen LogP contribution in [-0.2, 0) is 25.6 Å². The van der Waals surface area contributed by atoms with E-state index in [1.165, 1.54) is 0 Å². The predicted octanol–water partition coefficient (Wildman–Crippen LogP) is 6.11. The van der Waals surface area contributed by atoms with Crippen molar-refractivity contribution in [1.29, 1.82) is 0 Å². The maximum absolute atomic E-state index is 13.3. The average Bonchev–Trinajstić information content (AvgIpc) is 2.78. The molecule has 0 heterocycles. The van der Waals surface area contributed by atoms with Crippen LogP contribution >= 0.6 is 0 Å². The molecule has 6 heteroatoms. The fourth-order valence-corrected chi connectivity index (χ4v) is 3.87. The second kappa shape index (κ2) is 12.7. The second-order valence-corrected chi connectivity index (χ2v) is 10.8. The van der Waals surface area contributed by atoms with Gasteiger partial charge in [0, 0.05) is 19.1 Å².